The zero-order chi connectivity index (χ0) is 12.4. The average molecular weight is 238 g/mol. The molecule has 1 fully saturated rings. The molecular weight excluding hydrogens is 224 g/mol. The van der Waals surface area contributed by atoms with Gasteiger partial charge in [-0.3, -0.25) is 9.59 Å². The first-order valence-corrected chi connectivity index (χ1v) is 5.23. The summed E-state index contributed by atoms with van der Waals surface area (Å²) >= 11 is 0. The molecular formula is C10H14N4O3. The summed E-state index contributed by atoms with van der Waals surface area (Å²) < 4.78 is 6.58. The molecule has 0 aromatic carbocycles. The number of hydrogen-bond donors (Lipinski definition) is 2. The van der Waals surface area contributed by atoms with E-state index in [0.717, 1.165) is 0 Å². The molecule has 92 valence electrons. The Labute approximate surface area is 98.1 Å². The number of Topliss-reactive ketones (excluding diaryl/α,β-unsaturated/α-hetero) is 1. The summed E-state index contributed by atoms with van der Waals surface area (Å²) in [5.41, 5.74) is 0.379. The Morgan fingerprint density at radius 3 is 3.06 bits per heavy atom. The average Bonchev–Trinajstić information content (AvgIpc) is 2.69. The minimum Gasteiger partial charge on any atom is -0.481 e. The van der Waals surface area contributed by atoms with Crippen LogP contribution in [0.15, 0.2) is 6.20 Å². The van der Waals surface area contributed by atoms with E-state index in [9.17, 15) is 9.59 Å². The molecule has 2 heterocycles. The molecule has 0 aliphatic carbocycles. The number of ether oxygens (including phenoxy) is 1. The Kier molecular flexibility index (Phi) is 3.10. The van der Waals surface area contributed by atoms with Crippen molar-refractivity contribution in [3.63, 3.8) is 0 Å². The van der Waals surface area contributed by atoms with Gasteiger partial charge in [0.2, 0.25) is 11.8 Å². The van der Waals surface area contributed by atoms with Crippen molar-refractivity contribution in [2.75, 3.05) is 20.2 Å². The highest BCUT2D eigenvalue weighted by Gasteiger charge is 2.28. The Balaban J connectivity index is 2.21. The van der Waals surface area contributed by atoms with Crippen LogP contribution in [-0.2, 0) is 11.8 Å². The van der Waals surface area contributed by atoms with Gasteiger partial charge in [0.1, 0.15) is 11.6 Å². The van der Waals surface area contributed by atoms with Gasteiger partial charge in [0.05, 0.1) is 19.9 Å². The van der Waals surface area contributed by atoms with Crippen LogP contribution in [0.5, 0.6) is 5.88 Å². The highest BCUT2D eigenvalue weighted by atomic mass is 16.5. The maximum Gasteiger partial charge on any atom is 0.234 e. The number of amides is 1. The quantitative estimate of drug-likeness (QED) is 0.639. The molecule has 1 amide bonds. The van der Waals surface area contributed by atoms with Crippen LogP contribution in [0.3, 0.4) is 0 Å². The Morgan fingerprint density at radius 2 is 2.41 bits per heavy atom. The minimum absolute atomic E-state index is 0.183. The summed E-state index contributed by atoms with van der Waals surface area (Å²) in [6.07, 6.45) is 1.45. The van der Waals surface area contributed by atoms with E-state index >= 15 is 0 Å². The van der Waals surface area contributed by atoms with Crippen LogP contribution in [0.25, 0.3) is 0 Å². The van der Waals surface area contributed by atoms with Crippen molar-refractivity contribution < 1.29 is 14.3 Å². The van der Waals surface area contributed by atoms with Gasteiger partial charge in [0.15, 0.2) is 5.78 Å². The number of hydrogen-bond acceptors (Lipinski definition) is 5. The number of aromatic nitrogens is 2. The Morgan fingerprint density at radius 1 is 1.65 bits per heavy atom. The molecule has 1 aliphatic rings. The molecule has 17 heavy (non-hydrogen) atoms. The van der Waals surface area contributed by atoms with Gasteiger partial charge >= 0.3 is 0 Å². The van der Waals surface area contributed by atoms with Gasteiger partial charge < -0.3 is 15.4 Å². The standard InChI is InChI=1S/C10H14N4O3/c1-14-10(17-2)6(3-12-14)9(16)7-4-11-5-8(15)13-7/h3,7,11H,4-5H2,1-2H3,(H,13,15). The van der Waals surface area contributed by atoms with Gasteiger partial charge in [-0.1, -0.05) is 0 Å². The number of rotatable bonds is 3. The minimum atomic E-state index is -0.561. The lowest BCUT2D eigenvalue weighted by molar-refractivity contribution is -0.121. The van der Waals surface area contributed by atoms with Gasteiger partial charge in [-0.2, -0.15) is 5.10 Å². The van der Waals surface area contributed by atoms with E-state index in [1.54, 1.807) is 7.05 Å². The number of carbonyl (C=O) groups is 2. The van der Waals surface area contributed by atoms with E-state index in [1.807, 2.05) is 0 Å². The molecule has 1 unspecified atom stereocenters. The van der Waals surface area contributed by atoms with Gasteiger partial charge in [0, 0.05) is 13.6 Å². The van der Waals surface area contributed by atoms with Crippen molar-refractivity contribution in [1.82, 2.24) is 20.4 Å². The topological polar surface area (TPSA) is 85.2 Å². The third kappa shape index (κ3) is 2.14. The van der Waals surface area contributed by atoms with E-state index in [4.69, 9.17) is 4.74 Å². The number of nitrogens with one attached hydrogen (secondary N) is 2. The monoisotopic (exact) mass is 238 g/mol. The van der Waals surface area contributed by atoms with Crippen LogP contribution < -0.4 is 15.4 Å². The number of methoxy groups -OCH3 is 1. The maximum absolute atomic E-state index is 12.2. The summed E-state index contributed by atoms with van der Waals surface area (Å²) in [5.74, 6) is 0.0165. The molecule has 7 heteroatoms. The van der Waals surface area contributed by atoms with Crippen LogP contribution >= 0.6 is 0 Å². The smallest absolute Gasteiger partial charge is 0.234 e. The van der Waals surface area contributed by atoms with Crippen LogP contribution in [0.2, 0.25) is 0 Å². The summed E-state index contributed by atoms with van der Waals surface area (Å²) in [5, 5.41) is 9.47. The van der Waals surface area contributed by atoms with Gasteiger partial charge in [-0.25, -0.2) is 4.68 Å². The fraction of sp³-hybridized carbons (Fsp3) is 0.500. The predicted octanol–water partition coefficient (Wildman–Crippen LogP) is -1.30. The Bertz CT molecular complexity index is 454. The van der Waals surface area contributed by atoms with Crippen molar-refractivity contribution in [2.45, 2.75) is 6.04 Å². The zero-order valence-corrected chi connectivity index (χ0v) is 9.69. The third-order valence-electron chi connectivity index (χ3n) is 2.63. The molecule has 1 saturated heterocycles. The van der Waals surface area contributed by atoms with E-state index in [2.05, 4.69) is 15.7 Å². The first kappa shape index (κ1) is 11.6. The number of aryl methyl sites for hydroxylation is 1. The number of carbonyl (C=O) groups excluding carboxylic acids is 2. The molecule has 0 bridgehead atoms. The van der Waals surface area contributed by atoms with Crippen molar-refractivity contribution in [3.05, 3.63) is 11.8 Å². The number of nitrogens with zero attached hydrogens (tertiary/aromatic N) is 2. The van der Waals surface area contributed by atoms with Crippen molar-refractivity contribution >= 4 is 11.7 Å². The fourth-order valence-electron chi connectivity index (χ4n) is 1.81. The van der Waals surface area contributed by atoms with Crippen LogP contribution in [-0.4, -0.2) is 47.7 Å². The van der Waals surface area contributed by atoms with Crippen LogP contribution in [0.4, 0.5) is 0 Å². The normalized spacial score (nSPS) is 19.9. The second-order valence-corrected chi connectivity index (χ2v) is 3.81. The van der Waals surface area contributed by atoms with E-state index in [1.165, 1.54) is 18.0 Å². The molecule has 1 aromatic heterocycles. The molecule has 0 radical (unpaired) electrons. The lowest BCUT2D eigenvalue weighted by Gasteiger charge is -2.22. The summed E-state index contributed by atoms with van der Waals surface area (Å²) in [4.78, 5) is 23.3. The number of ketones is 1. The highest BCUT2D eigenvalue weighted by Crippen LogP contribution is 2.18. The molecule has 0 saturated carbocycles. The van der Waals surface area contributed by atoms with Gasteiger partial charge in [0.25, 0.3) is 0 Å². The highest BCUT2D eigenvalue weighted by molar-refractivity contribution is 6.04. The molecule has 1 aromatic rings. The van der Waals surface area contributed by atoms with Gasteiger partial charge in [-0.05, 0) is 0 Å². The van der Waals surface area contributed by atoms with E-state index in [0.29, 0.717) is 18.0 Å². The summed E-state index contributed by atoms with van der Waals surface area (Å²) in [6.45, 7) is 0.663. The van der Waals surface area contributed by atoms with E-state index < -0.39 is 6.04 Å². The van der Waals surface area contributed by atoms with E-state index in [-0.39, 0.29) is 18.2 Å². The predicted molar refractivity (Wildman–Crippen MR) is 58.9 cm³/mol. The van der Waals surface area contributed by atoms with Gasteiger partial charge in [-0.15, -0.1) is 0 Å². The zero-order valence-electron chi connectivity index (χ0n) is 9.69. The lowest BCUT2D eigenvalue weighted by atomic mass is 10.1. The second-order valence-electron chi connectivity index (χ2n) is 3.81. The maximum atomic E-state index is 12.2. The SMILES string of the molecule is COc1c(C(=O)C2CNCC(=O)N2)cnn1C. The molecule has 2 rings (SSSR count). The largest absolute Gasteiger partial charge is 0.481 e. The summed E-state index contributed by atoms with van der Waals surface area (Å²) in [7, 11) is 3.17. The first-order chi connectivity index (χ1) is 8.13. The lowest BCUT2D eigenvalue weighted by Crippen LogP contribution is -2.55. The number of piperazine rings is 1. The first-order valence-electron chi connectivity index (χ1n) is 5.23. The molecule has 2 N–H and O–H groups in total. The molecule has 1 aliphatic heterocycles. The second kappa shape index (κ2) is 4.54. The van der Waals surface area contributed by atoms with Crippen molar-refractivity contribution in [1.29, 1.82) is 0 Å². The van der Waals surface area contributed by atoms with Crippen LogP contribution in [0, 0.1) is 0 Å². The molecule has 7 nitrogen and oxygen atoms in total. The molecule has 0 spiro atoms. The summed E-state index contributed by atoms with van der Waals surface area (Å²) in [6, 6.07) is -0.561. The van der Waals surface area contributed by atoms with Crippen molar-refractivity contribution in [2.24, 2.45) is 7.05 Å². The fourth-order valence-corrected chi connectivity index (χ4v) is 1.81. The van der Waals surface area contributed by atoms with Crippen LogP contribution in [0.1, 0.15) is 10.4 Å². The third-order valence-corrected chi connectivity index (χ3v) is 2.63. The molecule has 1 atom stereocenters. The Hall–Kier alpha value is -1.89. The van der Waals surface area contributed by atoms with Crippen molar-refractivity contribution in [3.8, 4) is 5.88 Å².